The summed E-state index contributed by atoms with van der Waals surface area (Å²) in [5.41, 5.74) is 10.2. The number of anilines is 3. The van der Waals surface area contributed by atoms with Crippen LogP contribution in [-0.4, -0.2) is 68.1 Å². The zero-order valence-corrected chi connectivity index (χ0v) is 27.2. The molecule has 0 aliphatic carbocycles. The van der Waals surface area contributed by atoms with Gasteiger partial charge in [-0.25, -0.2) is 13.4 Å². The number of benzene rings is 2. The number of rotatable bonds is 16. The van der Waals surface area contributed by atoms with Crippen molar-refractivity contribution in [2.75, 3.05) is 61.6 Å². The van der Waals surface area contributed by atoms with E-state index >= 15 is 0 Å². The normalized spacial score (nSPS) is 15.2. The summed E-state index contributed by atoms with van der Waals surface area (Å²) in [5, 5.41) is 0.855. The van der Waals surface area contributed by atoms with Gasteiger partial charge in [-0.3, -0.25) is 0 Å². The van der Waals surface area contributed by atoms with Crippen molar-refractivity contribution in [3.63, 3.8) is 0 Å². The highest BCUT2D eigenvalue weighted by atomic mass is 32.2. The van der Waals surface area contributed by atoms with Gasteiger partial charge in [0.2, 0.25) is 15.2 Å². The molecular weight excluding hydrogens is 565 g/mol. The Bertz CT molecular complexity index is 1320. The maximum absolute atomic E-state index is 13.0. The predicted octanol–water partition coefficient (Wildman–Crippen LogP) is 6.15. The Morgan fingerprint density at radius 1 is 0.881 bits per heavy atom. The molecule has 1 aliphatic rings. The number of piperazine rings is 1. The second-order valence-electron chi connectivity index (χ2n) is 11.6. The van der Waals surface area contributed by atoms with Crippen LogP contribution in [-0.2, 0) is 16.4 Å². The molecule has 2 N–H and O–H groups in total. The summed E-state index contributed by atoms with van der Waals surface area (Å²) in [6.45, 7) is 4.47. The molecule has 1 unspecified atom stereocenters. The predicted molar refractivity (Wildman–Crippen MR) is 177 cm³/mol. The Morgan fingerprint density at radius 3 is 2.12 bits per heavy atom. The van der Waals surface area contributed by atoms with Gasteiger partial charge in [0.25, 0.3) is 0 Å². The van der Waals surface area contributed by atoms with Gasteiger partial charge in [-0.15, -0.1) is 0 Å². The van der Waals surface area contributed by atoms with Crippen molar-refractivity contribution in [3.8, 4) is 0 Å². The average molecular weight is 613 g/mol. The van der Waals surface area contributed by atoms with Gasteiger partial charge in [-0.2, -0.15) is 8.68 Å². The molecule has 2 aromatic carbocycles. The van der Waals surface area contributed by atoms with E-state index in [4.69, 9.17) is 15.1 Å². The van der Waals surface area contributed by atoms with Crippen molar-refractivity contribution in [1.29, 1.82) is 0 Å². The summed E-state index contributed by atoms with van der Waals surface area (Å²) < 4.78 is 32.4. The molecule has 1 atom stereocenters. The van der Waals surface area contributed by atoms with Crippen molar-refractivity contribution in [3.05, 3.63) is 65.5 Å². The molecule has 1 saturated heterocycles. The van der Waals surface area contributed by atoms with E-state index in [1.165, 1.54) is 49.2 Å². The van der Waals surface area contributed by atoms with Crippen molar-refractivity contribution in [1.82, 2.24) is 13.7 Å². The van der Waals surface area contributed by atoms with Gasteiger partial charge in [0.05, 0.1) is 5.75 Å². The van der Waals surface area contributed by atoms with Gasteiger partial charge in [0.1, 0.15) is 0 Å². The summed E-state index contributed by atoms with van der Waals surface area (Å²) in [7, 11) is 0.862. The summed E-state index contributed by atoms with van der Waals surface area (Å²) in [4.78, 5) is 9.25. The first kappa shape index (κ1) is 32.2. The number of nitrogens with zero attached hydrogens (tertiary/aromatic N) is 5. The standard InChI is InChI=1S/C32H48N6O2S2/c1-4-5-6-7-8-9-10-11-24-42(39,40)38-22-20-37(21-23-38)32-34-31(35-41-32)30(27-14-16-28(33)17-15-27)25-26-12-18-29(19-13-26)36(2)3/h12-19,30H,4-11,20-25,33H2,1-3H3. The number of aromatic nitrogens is 2. The zero-order chi connectivity index (χ0) is 30.0. The van der Waals surface area contributed by atoms with Gasteiger partial charge in [0.15, 0.2) is 5.82 Å². The number of sulfonamides is 1. The summed E-state index contributed by atoms with van der Waals surface area (Å²) >= 11 is 1.40. The smallest absolute Gasteiger partial charge is 0.214 e. The monoisotopic (exact) mass is 612 g/mol. The van der Waals surface area contributed by atoms with Crippen LogP contribution in [0.4, 0.5) is 16.5 Å². The quantitative estimate of drug-likeness (QED) is 0.153. The second-order valence-corrected chi connectivity index (χ2v) is 14.4. The van der Waals surface area contributed by atoms with Crippen LogP contribution in [0.15, 0.2) is 48.5 Å². The fourth-order valence-corrected chi connectivity index (χ4v) is 7.78. The van der Waals surface area contributed by atoms with Gasteiger partial charge in [0, 0.05) is 69.1 Å². The molecule has 0 amide bonds. The molecule has 2 heterocycles. The molecule has 230 valence electrons. The van der Waals surface area contributed by atoms with Crippen LogP contribution >= 0.6 is 11.5 Å². The summed E-state index contributed by atoms with van der Waals surface area (Å²) in [6, 6.07) is 16.6. The Balaban J connectivity index is 1.34. The maximum atomic E-state index is 13.0. The highest BCUT2D eigenvalue weighted by Crippen LogP contribution is 2.31. The van der Waals surface area contributed by atoms with Gasteiger partial charge in [-0.1, -0.05) is 76.1 Å². The van der Waals surface area contributed by atoms with Crippen LogP contribution in [0.3, 0.4) is 0 Å². The van der Waals surface area contributed by atoms with Gasteiger partial charge >= 0.3 is 0 Å². The molecule has 1 fully saturated rings. The molecule has 4 rings (SSSR count). The van der Waals surface area contributed by atoms with Crippen LogP contribution in [0, 0.1) is 0 Å². The topological polar surface area (TPSA) is 95.7 Å². The van der Waals surface area contributed by atoms with Crippen LogP contribution in [0.25, 0.3) is 0 Å². The molecular formula is C32H48N6O2S2. The number of hydrogen-bond donors (Lipinski definition) is 1. The Labute approximate surface area is 257 Å². The molecule has 10 heteroatoms. The van der Waals surface area contributed by atoms with Crippen LogP contribution in [0.2, 0.25) is 0 Å². The third kappa shape index (κ3) is 9.15. The summed E-state index contributed by atoms with van der Waals surface area (Å²) in [6.07, 6.45) is 9.97. The first-order valence-corrected chi connectivity index (χ1v) is 17.8. The SMILES string of the molecule is CCCCCCCCCCS(=O)(=O)N1CCN(c2nc(C(Cc3ccc(N(C)C)cc3)c3ccc(N)cc3)ns2)CC1. The zero-order valence-electron chi connectivity index (χ0n) is 25.5. The van der Waals surface area contributed by atoms with Gasteiger partial charge < -0.3 is 15.5 Å². The van der Waals surface area contributed by atoms with E-state index in [9.17, 15) is 8.42 Å². The third-order valence-electron chi connectivity index (χ3n) is 8.13. The molecule has 0 bridgehead atoms. The van der Waals surface area contributed by atoms with Crippen molar-refractivity contribution in [2.45, 2.75) is 70.6 Å². The lowest BCUT2D eigenvalue weighted by molar-refractivity contribution is 0.383. The largest absolute Gasteiger partial charge is 0.399 e. The van der Waals surface area contributed by atoms with E-state index in [-0.39, 0.29) is 11.7 Å². The Hall–Kier alpha value is -2.69. The lowest BCUT2D eigenvalue weighted by Crippen LogP contribution is -2.49. The number of unbranched alkanes of at least 4 members (excludes halogenated alkanes) is 7. The number of hydrogen-bond acceptors (Lipinski definition) is 8. The molecule has 3 aromatic rings. The first-order valence-electron chi connectivity index (χ1n) is 15.4. The van der Waals surface area contributed by atoms with Crippen LogP contribution in [0.5, 0.6) is 0 Å². The Morgan fingerprint density at radius 2 is 1.50 bits per heavy atom. The number of nitrogen functional groups attached to an aromatic ring is 1. The summed E-state index contributed by atoms with van der Waals surface area (Å²) in [5.74, 6) is 1.04. The molecule has 42 heavy (non-hydrogen) atoms. The van der Waals surface area contributed by atoms with E-state index in [0.717, 1.165) is 53.6 Å². The van der Waals surface area contributed by atoms with E-state index in [0.29, 0.717) is 26.2 Å². The van der Waals surface area contributed by atoms with Crippen molar-refractivity contribution >= 4 is 38.1 Å². The highest BCUT2D eigenvalue weighted by molar-refractivity contribution is 7.89. The van der Waals surface area contributed by atoms with E-state index in [1.54, 1.807) is 4.31 Å². The molecule has 0 saturated carbocycles. The maximum Gasteiger partial charge on any atom is 0.214 e. The van der Waals surface area contributed by atoms with Crippen LogP contribution < -0.4 is 15.5 Å². The fraction of sp³-hybridized carbons (Fsp3) is 0.562. The minimum Gasteiger partial charge on any atom is -0.399 e. The van der Waals surface area contributed by atoms with E-state index < -0.39 is 10.0 Å². The average Bonchev–Trinajstić information content (AvgIpc) is 3.48. The second kappa shape index (κ2) is 15.7. The third-order valence-corrected chi connectivity index (χ3v) is 10.9. The molecule has 8 nitrogen and oxygen atoms in total. The lowest BCUT2D eigenvalue weighted by Gasteiger charge is -2.33. The molecule has 1 aliphatic heterocycles. The molecule has 0 spiro atoms. The van der Waals surface area contributed by atoms with Crippen molar-refractivity contribution in [2.24, 2.45) is 0 Å². The van der Waals surface area contributed by atoms with E-state index in [2.05, 4.69) is 53.1 Å². The van der Waals surface area contributed by atoms with Crippen LogP contribution in [0.1, 0.15) is 81.2 Å². The van der Waals surface area contributed by atoms with E-state index in [1.807, 2.05) is 26.2 Å². The highest BCUT2D eigenvalue weighted by Gasteiger charge is 2.29. The van der Waals surface area contributed by atoms with Gasteiger partial charge in [-0.05, 0) is 48.2 Å². The first-order chi connectivity index (χ1) is 20.3. The van der Waals surface area contributed by atoms with Crippen molar-refractivity contribution < 1.29 is 8.42 Å². The minimum absolute atomic E-state index is 0.00545. The molecule has 1 aromatic heterocycles. The Kier molecular flexibility index (Phi) is 12.0. The number of nitrogens with two attached hydrogens (primary N) is 1. The fourth-order valence-electron chi connectivity index (χ4n) is 5.45. The minimum atomic E-state index is -3.22. The lowest BCUT2D eigenvalue weighted by atomic mass is 9.91. The molecule has 0 radical (unpaired) electrons.